The fourth-order valence-corrected chi connectivity index (χ4v) is 2.66. The summed E-state index contributed by atoms with van der Waals surface area (Å²) in [5.74, 6) is 0.317. The van der Waals surface area contributed by atoms with Gasteiger partial charge in [-0.05, 0) is 31.0 Å². The van der Waals surface area contributed by atoms with E-state index in [1.165, 1.54) is 16.8 Å². The largest absolute Gasteiger partial charge is 0.361 e. The Kier molecular flexibility index (Phi) is 3.12. The number of aromatic nitrogens is 2. The number of anilines is 1. The molecule has 0 bridgehead atoms. The Labute approximate surface area is 120 Å². The van der Waals surface area contributed by atoms with Crippen molar-refractivity contribution in [3.05, 3.63) is 51.5 Å². The Bertz CT molecular complexity index is 713. The van der Waals surface area contributed by atoms with Crippen molar-refractivity contribution in [1.29, 1.82) is 0 Å². The van der Waals surface area contributed by atoms with Crippen LogP contribution in [-0.2, 0) is 7.05 Å². The highest BCUT2D eigenvalue weighted by Crippen LogP contribution is 2.44. The first-order chi connectivity index (χ1) is 9.97. The van der Waals surface area contributed by atoms with Crippen LogP contribution in [-0.4, -0.2) is 20.7 Å². The number of aryl methyl sites for hydroxylation is 2. The molecule has 1 aromatic heterocycles. The first-order valence-corrected chi connectivity index (χ1v) is 6.67. The van der Waals surface area contributed by atoms with Crippen LogP contribution in [0.2, 0.25) is 0 Å². The number of hydrogen-bond donors (Lipinski definition) is 1. The Hall–Kier alpha value is -2.44. The van der Waals surface area contributed by atoms with E-state index in [1.807, 2.05) is 6.07 Å². The van der Waals surface area contributed by atoms with Crippen molar-refractivity contribution in [1.82, 2.24) is 9.78 Å². The van der Waals surface area contributed by atoms with Crippen LogP contribution in [0, 0.1) is 22.9 Å². The first kappa shape index (κ1) is 13.5. The van der Waals surface area contributed by atoms with Gasteiger partial charge in [-0.3, -0.25) is 10.1 Å². The maximum absolute atomic E-state index is 13.2. The Morgan fingerprint density at radius 2 is 2.29 bits per heavy atom. The zero-order valence-electron chi connectivity index (χ0n) is 11.7. The molecule has 2 atom stereocenters. The summed E-state index contributed by atoms with van der Waals surface area (Å²) < 4.78 is 14.7. The summed E-state index contributed by atoms with van der Waals surface area (Å²) in [5, 5.41) is 18.4. The van der Waals surface area contributed by atoms with E-state index in [9.17, 15) is 14.5 Å². The zero-order chi connectivity index (χ0) is 15.1. The summed E-state index contributed by atoms with van der Waals surface area (Å²) in [6.45, 7) is 1.61. The molecule has 7 heteroatoms. The summed E-state index contributed by atoms with van der Waals surface area (Å²) >= 11 is 0. The zero-order valence-corrected chi connectivity index (χ0v) is 11.7. The molecule has 0 spiro atoms. The van der Waals surface area contributed by atoms with Crippen LogP contribution in [0.4, 0.5) is 15.9 Å². The van der Waals surface area contributed by atoms with Gasteiger partial charge in [0.15, 0.2) is 0 Å². The van der Waals surface area contributed by atoms with Crippen LogP contribution >= 0.6 is 0 Å². The molecule has 2 aromatic rings. The molecular weight excluding hydrogens is 275 g/mol. The fraction of sp³-hybridized carbons (Fsp3) is 0.357. The number of nitrogens with zero attached hydrogens (tertiary/aromatic N) is 3. The number of hydrogen-bond acceptors (Lipinski definition) is 4. The molecule has 1 aliphatic carbocycles. The van der Waals surface area contributed by atoms with Crippen molar-refractivity contribution in [3.63, 3.8) is 0 Å². The topological polar surface area (TPSA) is 73.0 Å². The summed E-state index contributed by atoms with van der Waals surface area (Å²) in [5.41, 5.74) is 1.30. The summed E-state index contributed by atoms with van der Waals surface area (Å²) in [4.78, 5) is 10.7. The minimum atomic E-state index is -0.426. The molecule has 21 heavy (non-hydrogen) atoms. The van der Waals surface area contributed by atoms with E-state index in [0.717, 1.165) is 12.0 Å². The third-order valence-electron chi connectivity index (χ3n) is 3.76. The number of benzene rings is 1. The van der Waals surface area contributed by atoms with Crippen molar-refractivity contribution < 1.29 is 9.31 Å². The van der Waals surface area contributed by atoms with E-state index in [1.54, 1.807) is 20.0 Å². The van der Waals surface area contributed by atoms with E-state index < -0.39 is 4.92 Å². The van der Waals surface area contributed by atoms with Crippen LogP contribution in [0.1, 0.15) is 23.6 Å². The fourth-order valence-electron chi connectivity index (χ4n) is 2.66. The molecule has 1 N–H and O–H groups in total. The lowest BCUT2D eigenvalue weighted by molar-refractivity contribution is -0.384. The van der Waals surface area contributed by atoms with Crippen LogP contribution < -0.4 is 5.32 Å². The Morgan fingerprint density at radius 1 is 1.52 bits per heavy atom. The van der Waals surface area contributed by atoms with Crippen molar-refractivity contribution in [2.24, 2.45) is 7.05 Å². The predicted molar refractivity (Wildman–Crippen MR) is 75.8 cm³/mol. The Morgan fingerprint density at radius 3 is 2.95 bits per heavy atom. The number of rotatable bonds is 4. The first-order valence-electron chi connectivity index (χ1n) is 6.67. The number of halogens is 1. The van der Waals surface area contributed by atoms with E-state index in [4.69, 9.17) is 0 Å². The minimum Gasteiger partial charge on any atom is -0.361 e. The minimum absolute atomic E-state index is 0.00222. The molecule has 0 amide bonds. The molecule has 0 unspecified atom stereocenters. The molecule has 1 aliphatic rings. The Balaban J connectivity index is 1.79. The van der Waals surface area contributed by atoms with Gasteiger partial charge in [0.25, 0.3) is 0 Å². The van der Waals surface area contributed by atoms with E-state index in [-0.39, 0.29) is 23.5 Å². The quantitative estimate of drug-likeness (QED) is 0.694. The van der Waals surface area contributed by atoms with Gasteiger partial charge in [0.1, 0.15) is 11.5 Å². The van der Waals surface area contributed by atoms with Gasteiger partial charge in [0.2, 0.25) is 5.82 Å². The molecule has 1 aromatic carbocycles. The van der Waals surface area contributed by atoms with Gasteiger partial charge < -0.3 is 5.32 Å². The average Bonchev–Trinajstić information content (AvgIpc) is 3.10. The van der Waals surface area contributed by atoms with Crippen molar-refractivity contribution in [2.45, 2.75) is 25.3 Å². The van der Waals surface area contributed by atoms with Crippen molar-refractivity contribution in [2.75, 3.05) is 5.32 Å². The third kappa shape index (κ3) is 2.46. The normalized spacial score (nSPS) is 20.3. The maximum Gasteiger partial charge on any atom is 0.333 e. The molecule has 1 heterocycles. The second-order valence-electron chi connectivity index (χ2n) is 5.31. The van der Waals surface area contributed by atoms with Crippen LogP contribution in [0.3, 0.4) is 0 Å². The second kappa shape index (κ2) is 4.83. The monoisotopic (exact) mass is 290 g/mol. The molecule has 3 rings (SSSR count). The lowest BCUT2D eigenvalue weighted by Gasteiger charge is -2.06. The highest BCUT2D eigenvalue weighted by molar-refractivity contribution is 5.61. The van der Waals surface area contributed by atoms with Gasteiger partial charge >= 0.3 is 5.69 Å². The third-order valence-corrected chi connectivity index (χ3v) is 3.76. The van der Waals surface area contributed by atoms with Gasteiger partial charge in [-0.2, -0.15) is 5.10 Å². The SMILES string of the molecule is Cc1nn(C)c(N[C@@H]2C[C@H]2c2cccc(F)c2)c1[N+](=O)[O-]. The maximum atomic E-state index is 13.2. The molecule has 0 saturated heterocycles. The molecule has 1 fully saturated rings. The molecule has 110 valence electrons. The van der Waals surface area contributed by atoms with Crippen LogP contribution in [0.15, 0.2) is 24.3 Å². The molecule has 6 nitrogen and oxygen atoms in total. The summed E-state index contributed by atoms with van der Waals surface area (Å²) in [7, 11) is 1.67. The molecule has 1 saturated carbocycles. The predicted octanol–water partition coefficient (Wildman–Crippen LogP) is 2.74. The highest BCUT2D eigenvalue weighted by Gasteiger charge is 2.40. The average molecular weight is 290 g/mol. The lowest BCUT2D eigenvalue weighted by atomic mass is 10.1. The van der Waals surface area contributed by atoms with Crippen molar-refractivity contribution in [3.8, 4) is 0 Å². The van der Waals surface area contributed by atoms with Gasteiger partial charge in [0.05, 0.1) is 4.92 Å². The van der Waals surface area contributed by atoms with Crippen molar-refractivity contribution >= 4 is 11.5 Å². The van der Waals surface area contributed by atoms with Gasteiger partial charge in [-0.1, -0.05) is 12.1 Å². The number of nitrogens with one attached hydrogen (secondary N) is 1. The van der Waals surface area contributed by atoms with Gasteiger partial charge in [-0.25, -0.2) is 9.07 Å². The van der Waals surface area contributed by atoms with Crippen LogP contribution in [0.25, 0.3) is 0 Å². The van der Waals surface area contributed by atoms with Gasteiger partial charge in [-0.15, -0.1) is 0 Å². The number of nitro groups is 1. The lowest BCUT2D eigenvalue weighted by Crippen LogP contribution is -2.10. The van der Waals surface area contributed by atoms with E-state index in [2.05, 4.69) is 10.4 Å². The molecule has 0 radical (unpaired) electrons. The molecular formula is C14H15FN4O2. The highest BCUT2D eigenvalue weighted by atomic mass is 19.1. The van der Waals surface area contributed by atoms with Crippen LogP contribution in [0.5, 0.6) is 0 Å². The smallest absolute Gasteiger partial charge is 0.333 e. The summed E-state index contributed by atoms with van der Waals surface area (Å²) in [6.07, 6.45) is 0.824. The van der Waals surface area contributed by atoms with E-state index in [0.29, 0.717) is 11.5 Å². The summed E-state index contributed by atoms with van der Waals surface area (Å²) in [6, 6.07) is 6.54. The molecule has 0 aliphatic heterocycles. The van der Waals surface area contributed by atoms with E-state index >= 15 is 0 Å². The standard InChI is InChI=1S/C14H15FN4O2/c1-8-13(19(20)21)14(18(2)17-8)16-12-7-11(12)9-4-3-5-10(15)6-9/h3-6,11-12,16H,7H2,1-2H3/t11-,12+/m0/s1. The second-order valence-corrected chi connectivity index (χ2v) is 5.31. The van der Waals surface area contributed by atoms with Gasteiger partial charge in [0, 0.05) is 19.0 Å².